The van der Waals surface area contributed by atoms with Gasteiger partial charge in [-0.2, -0.15) is 0 Å². The van der Waals surface area contributed by atoms with E-state index in [1.807, 2.05) is 17.0 Å². The van der Waals surface area contributed by atoms with E-state index in [-0.39, 0.29) is 5.91 Å². The molecule has 1 fully saturated rings. The van der Waals surface area contributed by atoms with Crippen molar-refractivity contribution in [3.05, 3.63) is 35.4 Å². The van der Waals surface area contributed by atoms with E-state index in [9.17, 15) is 4.79 Å². The first-order valence-electron chi connectivity index (χ1n) is 6.36. The molecule has 1 aliphatic rings. The lowest BCUT2D eigenvalue weighted by molar-refractivity contribution is -0.131. The number of amides is 1. The van der Waals surface area contributed by atoms with E-state index in [1.165, 1.54) is 5.56 Å². The molecule has 1 aliphatic heterocycles. The molecule has 0 aliphatic carbocycles. The summed E-state index contributed by atoms with van der Waals surface area (Å²) < 4.78 is 0. The topological polar surface area (TPSA) is 32.3 Å². The molecule has 1 amide bonds. The molecule has 1 aromatic carbocycles. The largest absolute Gasteiger partial charge is 0.340 e. The van der Waals surface area contributed by atoms with Crippen molar-refractivity contribution in [1.82, 2.24) is 10.2 Å². The molecule has 3 nitrogen and oxygen atoms in total. The summed E-state index contributed by atoms with van der Waals surface area (Å²) in [6.45, 7) is 5.65. The van der Waals surface area contributed by atoms with Crippen LogP contribution in [0.25, 0.3) is 0 Å². The van der Waals surface area contributed by atoms with Crippen LogP contribution in [-0.2, 0) is 17.6 Å². The Labute approximate surface area is 103 Å². The molecule has 1 saturated heterocycles. The smallest absolute Gasteiger partial charge is 0.227 e. The normalized spacial score (nSPS) is 15.9. The zero-order chi connectivity index (χ0) is 12.1. The van der Waals surface area contributed by atoms with E-state index >= 15 is 0 Å². The molecule has 92 valence electrons. The maximum Gasteiger partial charge on any atom is 0.227 e. The highest BCUT2D eigenvalue weighted by Crippen LogP contribution is 2.08. The first kappa shape index (κ1) is 12.1. The molecule has 2 rings (SSSR count). The van der Waals surface area contributed by atoms with Crippen molar-refractivity contribution in [3.63, 3.8) is 0 Å². The summed E-state index contributed by atoms with van der Waals surface area (Å²) >= 11 is 0. The van der Waals surface area contributed by atoms with Crippen LogP contribution < -0.4 is 5.32 Å². The van der Waals surface area contributed by atoms with Crippen molar-refractivity contribution in [2.45, 2.75) is 19.8 Å². The Morgan fingerprint density at radius 1 is 1.29 bits per heavy atom. The lowest BCUT2D eigenvalue weighted by Gasteiger charge is -2.27. The van der Waals surface area contributed by atoms with Crippen LogP contribution in [0, 0.1) is 0 Å². The summed E-state index contributed by atoms with van der Waals surface area (Å²) in [5, 5.41) is 3.26. The molecule has 1 N–H and O–H groups in total. The third-order valence-electron chi connectivity index (χ3n) is 3.22. The first-order chi connectivity index (χ1) is 8.29. The minimum Gasteiger partial charge on any atom is -0.340 e. The molecule has 1 heterocycles. The summed E-state index contributed by atoms with van der Waals surface area (Å²) in [4.78, 5) is 14.0. The minimum absolute atomic E-state index is 0.250. The van der Waals surface area contributed by atoms with Gasteiger partial charge in [-0.3, -0.25) is 4.79 Å². The van der Waals surface area contributed by atoms with E-state index < -0.39 is 0 Å². The average Bonchev–Trinajstić information content (AvgIpc) is 2.40. The van der Waals surface area contributed by atoms with Crippen molar-refractivity contribution < 1.29 is 4.79 Å². The van der Waals surface area contributed by atoms with Gasteiger partial charge in [0.25, 0.3) is 0 Å². The number of carbonyl (C=O) groups excluding carboxylic acids is 1. The quantitative estimate of drug-likeness (QED) is 0.850. The molecule has 0 bridgehead atoms. The number of nitrogens with zero attached hydrogens (tertiary/aromatic N) is 1. The lowest BCUT2D eigenvalue weighted by atomic mass is 10.1. The fourth-order valence-corrected chi connectivity index (χ4v) is 2.16. The van der Waals surface area contributed by atoms with Crippen molar-refractivity contribution in [1.29, 1.82) is 0 Å². The predicted octanol–water partition coefficient (Wildman–Crippen LogP) is 1.22. The summed E-state index contributed by atoms with van der Waals surface area (Å²) in [5.41, 5.74) is 2.43. The molecule has 3 heteroatoms. The number of benzene rings is 1. The van der Waals surface area contributed by atoms with Crippen molar-refractivity contribution in [3.8, 4) is 0 Å². The summed E-state index contributed by atoms with van der Waals surface area (Å²) in [7, 11) is 0. The number of piperazine rings is 1. The van der Waals surface area contributed by atoms with Gasteiger partial charge in [0.2, 0.25) is 5.91 Å². The van der Waals surface area contributed by atoms with Gasteiger partial charge in [-0.25, -0.2) is 0 Å². The molecule has 17 heavy (non-hydrogen) atoms. The molecular formula is C14H20N2O. The van der Waals surface area contributed by atoms with Crippen molar-refractivity contribution in [2.75, 3.05) is 26.2 Å². The molecule has 0 atom stereocenters. The van der Waals surface area contributed by atoms with Gasteiger partial charge >= 0.3 is 0 Å². The molecular weight excluding hydrogens is 212 g/mol. The average molecular weight is 232 g/mol. The van der Waals surface area contributed by atoms with Gasteiger partial charge in [0.1, 0.15) is 0 Å². The van der Waals surface area contributed by atoms with Crippen LogP contribution in [0.15, 0.2) is 24.3 Å². The first-order valence-corrected chi connectivity index (χ1v) is 6.36. The molecule has 0 spiro atoms. The molecule has 1 aromatic rings. The number of carbonyl (C=O) groups is 1. The zero-order valence-electron chi connectivity index (χ0n) is 10.4. The number of hydrogen-bond acceptors (Lipinski definition) is 2. The predicted molar refractivity (Wildman–Crippen MR) is 69.0 cm³/mol. The SMILES string of the molecule is CCc1cccc(CC(=O)N2CCNCC2)c1. The summed E-state index contributed by atoms with van der Waals surface area (Å²) in [6.07, 6.45) is 1.56. The fraction of sp³-hybridized carbons (Fsp3) is 0.500. The second-order valence-corrected chi connectivity index (χ2v) is 4.48. The Bertz CT molecular complexity index is 384. The van der Waals surface area contributed by atoms with Gasteiger partial charge in [-0.1, -0.05) is 31.2 Å². The lowest BCUT2D eigenvalue weighted by Crippen LogP contribution is -2.46. The van der Waals surface area contributed by atoms with Crippen LogP contribution in [-0.4, -0.2) is 37.0 Å². The Morgan fingerprint density at radius 3 is 2.71 bits per heavy atom. The van der Waals surface area contributed by atoms with Gasteiger partial charge in [0.05, 0.1) is 6.42 Å². The van der Waals surface area contributed by atoms with E-state index in [0.717, 1.165) is 38.2 Å². The van der Waals surface area contributed by atoms with E-state index in [4.69, 9.17) is 0 Å². The molecule has 0 aromatic heterocycles. The van der Waals surface area contributed by atoms with Crippen molar-refractivity contribution in [2.24, 2.45) is 0 Å². The summed E-state index contributed by atoms with van der Waals surface area (Å²) in [5.74, 6) is 0.250. The van der Waals surface area contributed by atoms with Gasteiger partial charge in [0, 0.05) is 26.2 Å². The maximum absolute atomic E-state index is 12.1. The number of aryl methyl sites for hydroxylation is 1. The highest BCUT2D eigenvalue weighted by Gasteiger charge is 2.16. The number of nitrogens with one attached hydrogen (secondary N) is 1. The van der Waals surface area contributed by atoms with Gasteiger partial charge in [0.15, 0.2) is 0 Å². The fourth-order valence-electron chi connectivity index (χ4n) is 2.16. The van der Waals surface area contributed by atoms with E-state index in [0.29, 0.717) is 6.42 Å². The Morgan fingerprint density at radius 2 is 2.00 bits per heavy atom. The van der Waals surface area contributed by atoms with Crippen LogP contribution in [0.1, 0.15) is 18.1 Å². The third kappa shape index (κ3) is 3.30. The van der Waals surface area contributed by atoms with E-state index in [2.05, 4.69) is 24.4 Å². The third-order valence-corrected chi connectivity index (χ3v) is 3.22. The highest BCUT2D eigenvalue weighted by molar-refractivity contribution is 5.78. The van der Waals surface area contributed by atoms with Crippen LogP contribution >= 0.6 is 0 Å². The van der Waals surface area contributed by atoms with Crippen LogP contribution in [0.3, 0.4) is 0 Å². The number of rotatable bonds is 3. The van der Waals surface area contributed by atoms with Crippen LogP contribution in [0.2, 0.25) is 0 Å². The second-order valence-electron chi connectivity index (χ2n) is 4.48. The molecule has 0 unspecified atom stereocenters. The Balaban J connectivity index is 1.96. The van der Waals surface area contributed by atoms with Gasteiger partial charge < -0.3 is 10.2 Å². The van der Waals surface area contributed by atoms with Crippen LogP contribution in [0.4, 0.5) is 0 Å². The van der Waals surface area contributed by atoms with Crippen molar-refractivity contribution >= 4 is 5.91 Å². The Kier molecular flexibility index (Phi) is 4.15. The van der Waals surface area contributed by atoms with Crippen LogP contribution in [0.5, 0.6) is 0 Å². The van der Waals surface area contributed by atoms with Gasteiger partial charge in [-0.05, 0) is 17.5 Å². The molecule has 0 radical (unpaired) electrons. The number of hydrogen-bond donors (Lipinski definition) is 1. The molecule has 0 saturated carbocycles. The summed E-state index contributed by atoms with van der Waals surface area (Å²) in [6, 6.07) is 8.33. The van der Waals surface area contributed by atoms with Gasteiger partial charge in [-0.15, -0.1) is 0 Å². The standard InChI is InChI=1S/C14H20N2O/c1-2-12-4-3-5-13(10-12)11-14(17)16-8-6-15-7-9-16/h3-5,10,15H,2,6-9,11H2,1H3. The Hall–Kier alpha value is -1.35. The highest BCUT2D eigenvalue weighted by atomic mass is 16.2. The minimum atomic E-state index is 0.250. The maximum atomic E-state index is 12.1. The zero-order valence-corrected chi connectivity index (χ0v) is 10.4. The monoisotopic (exact) mass is 232 g/mol. The second kappa shape index (κ2) is 5.82. The van der Waals surface area contributed by atoms with E-state index in [1.54, 1.807) is 0 Å².